The number of rotatable bonds is 14. The summed E-state index contributed by atoms with van der Waals surface area (Å²) < 4.78 is 0. The predicted molar refractivity (Wildman–Crippen MR) is 582 cm³/mol. The van der Waals surface area contributed by atoms with Gasteiger partial charge in [-0.15, -0.1) is 154 Å². The number of benzene rings is 16. The molecule has 0 saturated heterocycles. The van der Waals surface area contributed by atoms with E-state index in [4.69, 9.17) is 43.6 Å². The van der Waals surface area contributed by atoms with Gasteiger partial charge in [-0.1, -0.05) is 187 Å². The van der Waals surface area contributed by atoms with E-state index in [2.05, 4.69) is 121 Å². The van der Waals surface area contributed by atoms with Crippen LogP contribution in [0.5, 0.6) is 5.75 Å². The molecule has 0 spiro atoms. The van der Waals surface area contributed by atoms with Crippen LogP contribution in [-0.2, 0) is 129 Å². The summed E-state index contributed by atoms with van der Waals surface area (Å²) >= 11 is 8.51. The summed E-state index contributed by atoms with van der Waals surface area (Å²) in [6, 6.07) is 197. The van der Waals surface area contributed by atoms with Crippen LogP contribution in [0, 0.1) is 95.0 Å². The van der Waals surface area contributed by atoms with Gasteiger partial charge in [0, 0.05) is 71.3 Å². The predicted octanol–water partition coefficient (Wildman–Crippen LogP) is 30.8. The van der Waals surface area contributed by atoms with Gasteiger partial charge < -0.3 is 46.2 Å². The second-order valence-corrected chi connectivity index (χ2v) is 30.2. The molecule has 0 atom stereocenters. The molecule has 2 N–H and O–H groups in total. The molecule has 0 aliphatic rings. The van der Waals surface area contributed by atoms with E-state index in [1.54, 1.807) is 61.4 Å². The smallest absolute Gasteiger partial charge is 0.780 e. The minimum Gasteiger partial charge on any atom is -0.780 e. The number of aliphatic hydroxyl groups is 1. The number of aromatic hydroxyl groups is 1. The monoisotopic (exact) mass is 2240 g/mol. The van der Waals surface area contributed by atoms with Crippen molar-refractivity contribution in [1.29, 1.82) is 10.5 Å². The van der Waals surface area contributed by atoms with Gasteiger partial charge in [-0.3, -0.25) is 34.7 Å². The van der Waals surface area contributed by atoms with E-state index in [1.807, 2.05) is 461 Å². The summed E-state index contributed by atoms with van der Waals surface area (Å²) in [5.74, 6) is 0.322. The number of isocyanates is 1. The SMILES string of the molecule is N#CO.N#C[S-].Oc1ccccc1.[N-]=C=O.[Ni+2].[Ni+2].[Ni+3].[Ni+3].[Ni+3].[Ni+3].[S-]c1ccccc1.[c-]1ccccc1-c1[c-]c(-c2ccccn2)ccc1.[c-]1ccccc1-c1[c-]c(-c2ccccn2)ccc1.[c-]1ccccc1-c1[c-]c(-c2ccccn2)ccc1.[c-]1ccccc1-c1[c-]c(-c2ccccn2)ccc1.[c-]1ccccc1-c1[c-]c(-c2ccccn2)ccc1.[c-]1ccccc1-c1[c-]c(-c2ccccn2)ccc1.c1ccc([N-]c2ccccc2)cc1. The normalized spacial score (nSPS) is 9.13. The number of phenols is 1. The Bertz CT molecular complexity index is 6130. The zero-order chi connectivity index (χ0) is 101. The fraction of sp³-hybridized carbons (Fsp3) is 0. The summed E-state index contributed by atoms with van der Waals surface area (Å²) in [6.07, 6.45) is 12.0. The van der Waals surface area contributed by atoms with Crippen LogP contribution in [0.1, 0.15) is 0 Å². The third-order valence-corrected chi connectivity index (χ3v) is 20.0. The van der Waals surface area contributed by atoms with Crippen molar-refractivity contribution in [3.63, 3.8) is 0 Å². The van der Waals surface area contributed by atoms with Gasteiger partial charge in [-0.05, 0) is 54.6 Å². The van der Waals surface area contributed by atoms with E-state index in [9.17, 15) is 0 Å². The van der Waals surface area contributed by atoms with Crippen molar-refractivity contribution in [1.82, 2.24) is 29.9 Å². The first kappa shape index (κ1) is 124. The Morgan fingerprint density at radius 3 is 0.533 bits per heavy atom. The van der Waals surface area contributed by atoms with Crippen molar-refractivity contribution >= 4 is 42.7 Å². The minimum atomic E-state index is 0. The number of nitriles is 2. The second kappa shape index (κ2) is 74.5. The van der Waals surface area contributed by atoms with Gasteiger partial charge in [0.15, 0.2) is 0 Å². The van der Waals surface area contributed by atoms with Gasteiger partial charge >= 0.3 is 98.9 Å². The molecule has 0 fully saturated rings. The van der Waals surface area contributed by atoms with E-state index < -0.39 is 0 Å². The van der Waals surface area contributed by atoms with E-state index in [0.29, 0.717) is 11.8 Å². The summed E-state index contributed by atoms with van der Waals surface area (Å²) in [6.45, 7) is 0. The molecule has 22 rings (SSSR count). The van der Waals surface area contributed by atoms with E-state index in [0.717, 1.165) is 157 Å². The maximum atomic E-state index is 8.63. The van der Waals surface area contributed by atoms with Crippen LogP contribution < -0.4 is 0 Å². The number of aromatic nitrogens is 6. The standard InChI is InChI=1S/6C17H11N.C12H10N.C6H6O.C6H6S.CHNO.CNO.CHNS.6Ni/c6*1-2-7-14(8-3-1)15-9-6-10-16(13-15)17-11-4-5-12-18-17;1-3-7-11(8-4-1)13-12-9-5-2-6-10-12;2*7-6-4-2-1-3-5-6;3*2-1-3;;;;;;/h6*1-7,9-12H;1-10H;2*1-5,7H;3H;;3H;;;;;;/q6*-2;-1;;;;-1;;2*+2;4*+3/p-2. The van der Waals surface area contributed by atoms with Crippen molar-refractivity contribution in [3.05, 3.63) is 606 Å². The van der Waals surface area contributed by atoms with Crippen LogP contribution in [-0.4, -0.2) is 46.2 Å². The van der Waals surface area contributed by atoms with Crippen LogP contribution in [0.25, 0.3) is 145 Å². The largest absolute Gasteiger partial charge is 3.00 e. The van der Waals surface area contributed by atoms with Gasteiger partial charge in [-0.2, -0.15) is 262 Å². The molecule has 744 valence electrons. The molecule has 0 unspecified atom stereocenters. The van der Waals surface area contributed by atoms with Crippen LogP contribution in [0.2, 0.25) is 0 Å². The molecular formula is C129H88N10Ni6O3S2. The molecule has 0 amide bonds. The third kappa shape index (κ3) is 44.9. The molecule has 13 nitrogen and oxygen atoms in total. The molecule has 0 bridgehead atoms. The number of hydrogen-bond acceptors (Lipinski definition) is 13. The molecule has 4 radical (unpaired) electrons. The topological polar surface area (TPSA) is 219 Å². The molecule has 0 aliphatic carbocycles. The summed E-state index contributed by atoms with van der Waals surface area (Å²) in [5, 5.41) is 42.1. The fourth-order valence-electron chi connectivity index (χ4n) is 13.2. The zero-order valence-electron chi connectivity index (χ0n) is 79.6. The average molecular weight is 2240 g/mol. The maximum Gasteiger partial charge on any atom is 3.00 e. The van der Waals surface area contributed by atoms with Gasteiger partial charge in [0.05, 0.1) is 0 Å². The Kier molecular flexibility index (Phi) is 61.6. The van der Waals surface area contributed by atoms with Crippen LogP contribution >= 0.6 is 0 Å². The van der Waals surface area contributed by atoms with Crippen molar-refractivity contribution < 1.29 is 114 Å². The van der Waals surface area contributed by atoms with Crippen molar-refractivity contribution in [2.24, 2.45) is 0 Å². The van der Waals surface area contributed by atoms with E-state index >= 15 is 0 Å². The number of thiocyanates is 1. The number of aliphatic hydroxyl groups excluding tert-OH is 1. The number of hydrogen-bond donors (Lipinski definition) is 2. The summed E-state index contributed by atoms with van der Waals surface area (Å²) in [4.78, 5) is 35.2. The number of carbonyl (C=O) groups excluding carboxylic acids is 1. The Balaban J connectivity index is 0.000000295. The molecule has 150 heavy (non-hydrogen) atoms. The van der Waals surface area contributed by atoms with Crippen molar-refractivity contribution in [3.8, 4) is 152 Å². The molecule has 16 aromatic carbocycles. The first-order valence-corrected chi connectivity index (χ1v) is 45.7. The van der Waals surface area contributed by atoms with E-state index in [-0.39, 0.29) is 98.9 Å². The van der Waals surface area contributed by atoms with Gasteiger partial charge in [0.2, 0.25) is 0 Å². The zero-order valence-corrected chi connectivity index (χ0v) is 87.2. The molecule has 0 saturated carbocycles. The number of nitrogens with zero attached hydrogens (tertiary/aromatic N) is 10. The van der Waals surface area contributed by atoms with Crippen LogP contribution in [0.4, 0.5) is 11.4 Å². The van der Waals surface area contributed by atoms with Gasteiger partial charge in [0.1, 0.15) is 5.75 Å². The third-order valence-electron chi connectivity index (χ3n) is 19.7. The van der Waals surface area contributed by atoms with Crippen molar-refractivity contribution in [2.45, 2.75) is 4.90 Å². The quantitative estimate of drug-likeness (QED) is 0.0259. The Labute approximate surface area is 950 Å². The molecule has 21 heteroatoms. The molecular weight excluding hydrogens is 2150 g/mol. The summed E-state index contributed by atoms with van der Waals surface area (Å²) in [7, 11) is 0. The number of phenolic OH excluding ortho intramolecular Hbond substituents is 1. The van der Waals surface area contributed by atoms with E-state index in [1.165, 1.54) is 5.40 Å². The minimum absolute atomic E-state index is 0. The van der Waals surface area contributed by atoms with Crippen LogP contribution in [0.3, 0.4) is 0 Å². The fourth-order valence-corrected chi connectivity index (χ4v) is 13.3. The Morgan fingerprint density at radius 2 is 0.393 bits per heavy atom. The van der Waals surface area contributed by atoms with Crippen molar-refractivity contribution in [2.75, 3.05) is 0 Å². The van der Waals surface area contributed by atoms with Gasteiger partial charge in [0.25, 0.3) is 6.26 Å². The Hall–Kier alpha value is -16.4. The molecule has 0 aliphatic heterocycles. The first-order valence-electron chi connectivity index (χ1n) is 44.9. The number of pyridine rings is 6. The Morgan fingerprint density at radius 1 is 0.240 bits per heavy atom. The molecule has 6 heterocycles. The van der Waals surface area contributed by atoms with Crippen LogP contribution in [0.15, 0.2) is 527 Å². The van der Waals surface area contributed by atoms with Gasteiger partial charge in [-0.25, -0.2) is 38.6 Å². The average Bonchev–Trinajstić information content (AvgIpc) is 0.858. The molecule has 6 aromatic heterocycles. The number of para-hydroxylation sites is 3. The summed E-state index contributed by atoms with van der Waals surface area (Å²) in [5.41, 5.74) is 26.2. The molecule has 22 aromatic rings. The maximum absolute atomic E-state index is 8.63. The first-order chi connectivity index (χ1) is 71.1. The second-order valence-electron chi connectivity index (χ2n) is 29.5.